The first-order chi connectivity index (χ1) is 9.24. The van der Waals surface area contributed by atoms with Crippen LogP contribution in [0.5, 0.6) is 0 Å². The van der Waals surface area contributed by atoms with Crippen molar-refractivity contribution in [2.45, 2.75) is 57.4 Å². The number of H-pyrrole nitrogens is 1. The third-order valence-corrected chi connectivity index (χ3v) is 4.73. The van der Waals surface area contributed by atoms with Crippen molar-refractivity contribution in [3.05, 3.63) is 18.2 Å². The minimum Gasteiger partial charge on any atom is -0.353 e. The van der Waals surface area contributed by atoms with E-state index in [1.54, 1.807) is 6.33 Å². The highest BCUT2D eigenvalue weighted by Gasteiger charge is 2.33. The van der Waals surface area contributed by atoms with Crippen LogP contribution < -0.4 is 5.32 Å². The molecule has 1 amide bonds. The molecule has 2 aliphatic rings. The Kier molecular flexibility index (Phi) is 3.58. The van der Waals surface area contributed by atoms with Gasteiger partial charge in [0.15, 0.2) is 0 Å². The number of hydrogen-bond donors (Lipinski definition) is 2. The number of aromatic nitrogens is 2. The van der Waals surface area contributed by atoms with Crippen LogP contribution in [0.3, 0.4) is 0 Å². The smallest absolute Gasteiger partial charge is 0.223 e. The quantitative estimate of drug-likeness (QED) is 0.875. The fraction of sp³-hybridized carbons (Fsp3) is 0.733. The lowest BCUT2D eigenvalue weighted by Gasteiger charge is -2.32. The van der Waals surface area contributed by atoms with Crippen molar-refractivity contribution >= 4 is 5.91 Å². The van der Waals surface area contributed by atoms with Crippen molar-refractivity contribution in [2.75, 3.05) is 0 Å². The second kappa shape index (κ2) is 5.35. The molecule has 0 saturated heterocycles. The number of nitrogens with one attached hydrogen (secondary N) is 2. The molecule has 4 heteroatoms. The van der Waals surface area contributed by atoms with Gasteiger partial charge in [0.2, 0.25) is 5.91 Å². The Morgan fingerprint density at radius 2 is 2.05 bits per heavy atom. The Morgan fingerprint density at radius 3 is 2.63 bits per heavy atom. The topological polar surface area (TPSA) is 57.8 Å². The summed E-state index contributed by atoms with van der Waals surface area (Å²) in [4.78, 5) is 19.2. The van der Waals surface area contributed by atoms with Crippen LogP contribution >= 0.6 is 0 Å². The van der Waals surface area contributed by atoms with Crippen LogP contribution in [0.4, 0.5) is 0 Å². The minimum atomic E-state index is 0.280. The van der Waals surface area contributed by atoms with E-state index in [-0.39, 0.29) is 5.91 Å². The Labute approximate surface area is 114 Å². The van der Waals surface area contributed by atoms with Crippen LogP contribution in [-0.4, -0.2) is 21.9 Å². The molecule has 1 atom stereocenters. The summed E-state index contributed by atoms with van der Waals surface area (Å²) < 4.78 is 0. The molecule has 4 nitrogen and oxygen atoms in total. The molecule has 1 aromatic rings. The Balaban J connectivity index is 1.47. The monoisotopic (exact) mass is 261 g/mol. The van der Waals surface area contributed by atoms with Gasteiger partial charge in [0, 0.05) is 24.1 Å². The number of carbonyl (C=O) groups excluding carboxylic acids is 1. The van der Waals surface area contributed by atoms with E-state index in [0.717, 1.165) is 12.8 Å². The van der Waals surface area contributed by atoms with Gasteiger partial charge in [0.25, 0.3) is 0 Å². The maximum atomic E-state index is 11.8. The summed E-state index contributed by atoms with van der Waals surface area (Å²) in [6.45, 7) is 2.17. The minimum absolute atomic E-state index is 0.280. The van der Waals surface area contributed by atoms with Crippen molar-refractivity contribution in [3.8, 4) is 0 Å². The maximum Gasteiger partial charge on any atom is 0.223 e. The molecule has 2 aliphatic carbocycles. The molecule has 0 radical (unpaired) electrons. The molecule has 1 aromatic heterocycles. The Morgan fingerprint density at radius 1 is 1.32 bits per heavy atom. The summed E-state index contributed by atoms with van der Waals surface area (Å²) in [6.07, 6.45) is 10.7. The highest BCUT2D eigenvalue weighted by molar-refractivity contribution is 5.81. The molecule has 2 N–H and O–H groups in total. The molecule has 2 saturated carbocycles. The summed E-state index contributed by atoms with van der Waals surface area (Å²) in [5, 5.41) is 3.20. The molecule has 1 heterocycles. The highest BCUT2D eigenvalue weighted by atomic mass is 16.2. The number of hydrogen-bond acceptors (Lipinski definition) is 2. The van der Waals surface area contributed by atoms with Gasteiger partial charge in [-0.1, -0.05) is 0 Å². The van der Waals surface area contributed by atoms with Crippen LogP contribution in [0.1, 0.15) is 57.1 Å². The summed E-state index contributed by atoms with van der Waals surface area (Å²) in [7, 11) is 0. The first-order valence-corrected chi connectivity index (χ1v) is 7.53. The lowest BCUT2D eigenvalue weighted by molar-refractivity contribution is -0.123. The second-order valence-corrected chi connectivity index (χ2v) is 6.18. The van der Waals surface area contributed by atoms with Crippen LogP contribution in [0.15, 0.2) is 12.5 Å². The lowest BCUT2D eigenvalue weighted by Crippen LogP contribution is -2.40. The van der Waals surface area contributed by atoms with Gasteiger partial charge in [-0.05, 0) is 51.4 Å². The average Bonchev–Trinajstić information content (AvgIpc) is 3.14. The van der Waals surface area contributed by atoms with Crippen LogP contribution in [0.2, 0.25) is 0 Å². The van der Waals surface area contributed by atoms with E-state index in [2.05, 4.69) is 22.2 Å². The third-order valence-electron chi connectivity index (χ3n) is 4.73. The molecular weight excluding hydrogens is 238 g/mol. The molecule has 104 valence electrons. The summed E-state index contributed by atoms with van der Waals surface area (Å²) >= 11 is 0. The van der Waals surface area contributed by atoms with Crippen LogP contribution in [0.25, 0.3) is 0 Å². The van der Waals surface area contributed by atoms with Gasteiger partial charge in [-0.25, -0.2) is 4.98 Å². The molecule has 19 heavy (non-hydrogen) atoms. The van der Waals surface area contributed by atoms with Crippen molar-refractivity contribution in [3.63, 3.8) is 0 Å². The van der Waals surface area contributed by atoms with Gasteiger partial charge >= 0.3 is 0 Å². The van der Waals surface area contributed by atoms with Crippen molar-refractivity contribution in [1.82, 2.24) is 15.3 Å². The summed E-state index contributed by atoms with van der Waals surface area (Å²) in [5.74, 6) is 1.84. The van der Waals surface area contributed by atoms with Crippen molar-refractivity contribution < 1.29 is 4.79 Å². The van der Waals surface area contributed by atoms with E-state index in [1.165, 1.54) is 31.4 Å². The van der Waals surface area contributed by atoms with Gasteiger partial charge in [0.1, 0.15) is 0 Å². The molecule has 3 rings (SSSR count). The Hall–Kier alpha value is -1.32. The number of imidazole rings is 1. The van der Waals surface area contributed by atoms with E-state index in [4.69, 9.17) is 0 Å². The first kappa shape index (κ1) is 12.7. The zero-order chi connectivity index (χ0) is 13.2. The summed E-state index contributed by atoms with van der Waals surface area (Å²) in [6, 6.07) is 0.327. The van der Waals surface area contributed by atoms with E-state index < -0.39 is 0 Å². The van der Waals surface area contributed by atoms with Crippen molar-refractivity contribution in [1.29, 1.82) is 0 Å². The number of carbonyl (C=O) groups is 1. The number of amides is 1. The molecule has 2 fully saturated rings. The second-order valence-electron chi connectivity index (χ2n) is 6.18. The molecule has 0 spiro atoms. The SMILES string of the molecule is C[C@@H](NC(=O)C1CC1)[C@H]1CC[C@H](c2c[nH]cn2)CC1. The van der Waals surface area contributed by atoms with Gasteiger partial charge < -0.3 is 10.3 Å². The fourth-order valence-corrected chi connectivity index (χ4v) is 3.22. The van der Waals surface area contributed by atoms with Gasteiger partial charge in [-0.3, -0.25) is 4.79 Å². The summed E-state index contributed by atoms with van der Waals surface area (Å²) in [5.41, 5.74) is 1.20. The number of nitrogens with zero attached hydrogens (tertiary/aromatic N) is 1. The van der Waals surface area contributed by atoms with E-state index in [0.29, 0.717) is 23.8 Å². The highest BCUT2D eigenvalue weighted by Crippen LogP contribution is 2.36. The molecule has 0 bridgehead atoms. The Bertz CT molecular complexity index is 417. The van der Waals surface area contributed by atoms with E-state index in [9.17, 15) is 4.79 Å². The standard InChI is InChI=1S/C15H23N3O/c1-10(18-15(19)13-6-7-13)11-2-4-12(5-3-11)14-8-16-9-17-14/h8-13H,2-7H2,1H3,(H,16,17)(H,18,19)/t10-,11-,12-/m1/s1. The average molecular weight is 261 g/mol. The third kappa shape index (κ3) is 2.99. The predicted octanol–water partition coefficient (Wildman–Crippen LogP) is 2.60. The number of rotatable bonds is 4. The predicted molar refractivity (Wildman–Crippen MR) is 73.6 cm³/mol. The van der Waals surface area contributed by atoms with E-state index >= 15 is 0 Å². The zero-order valence-corrected chi connectivity index (χ0v) is 11.6. The first-order valence-electron chi connectivity index (χ1n) is 7.53. The largest absolute Gasteiger partial charge is 0.353 e. The lowest BCUT2D eigenvalue weighted by atomic mass is 9.78. The van der Waals surface area contributed by atoms with Gasteiger partial charge in [-0.15, -0.1) is 0 Å². The maximum absolute atomic E-state index is 11.8. The molecule has 0 aromatic carbocycles. The normalized spacial score (nSPS) is 28.9. The number of aromatic amines is 1. The van der Waals surface area contributed by atoms with Gasteiger partial charge in [0.05, 0.1) is 12.0 Å². The molecule has 0 unspecified atom stereocenters. The van der Waals surface area contributed by atoms with Crippen LogP contribution in [0, 0.1) is 11.8 Å². The molecule has 0 aliphatic heterocycles. The van der Waals surface area contributed by atoms with Gasteiger partial charge in [-0.2, -0.15) is 0 Å². The fourth-order valence-electron chi connectivity index (χ4n) is 3.22. The van der Waals surface area contributed by atoms with Crippen molar-refractivity contribution in [2.24, 2.45) is 11.8 Å². The van der Waals surface area contributed by atoms with Crippen LogP contribution in [-0.2, 0) is 4.79 Å². The zero-order valence-electron chi connectivity index (χ0n) is 11.6. The van der Waals surface area contributed by atoms with E-state index in [1.807, 2.05) is 6.20 Å². The molecular formula is C15H23N3O.